The van der Waals surface area contributed by atoms with Gasteiger partial charge in [0.05, 0.1) is 10.8 Å². The van der Waals surface area contributed by atoms with Gasteiger partial charge in [0.25, 0.3) is 5.91 Å². The molecule has 0 aliphatic rings. The van der Waals surface area contributed by atoms with E-state index in [0.717, 1.165) is 10.1 Å². The van der Waals surface area contributed by atoms with E-state index in [9.17, 15) is 13.2 Å². The summed E-state index contributed by atoms with van der Waals surface area (Å²) >= 11 is 7.30. The largest absolute Gasteiger partial charge is 0.276 e. The number of carbonyl (C=O) groups is 1. The highest BCUT2D eigenvalue weighted by Gasteiger charge is 2.21. The van der Waals surface area contributed by atoms with Crippen molar-refractivity contribution in [1.82, 2.24) is 4.72 Å². The lowest BCUT2D eigenvalue weighted by Crippen LogP contribution is -2.32. The van der Waals surface area contributed by atoms with Gasteiger partial charge in [0.1, 0.15) is 4.88 Å². The number of rotatable bonds is 4. The van der Waals surface area contributed by atoms with Gasteiger partial charge in [-0.05, 0) is 12.5 Å². The van der Waals surface area contributed by atoms with Crippen LogP contribution in [0.4, 0.5) is 0 Å². The fourth-order valence-electron chi connectivity index (χ4n) is 1.67. The van der Waals surface area contributed by atoms with Gasteiger partial charge in [-0.3, -0.25) is 4.79 Å². The zero-order valence-electron chi connectivity index (χ0n) is 10.1. The standard InChI is InChI=1S/C12H12ClNO3S2/c1-2-7-19(16,17)14-12(15)11-10(13)8-5-3-4-6-9(8)18-11/h3-6H,2,7H2,1H3,(H,14,15). The Hall–Kier alpha value is -1.11. The van der Waals surface area contributed by atoms with E-state index < -0.39 is 15.9 Å². The van der Waals surface area contributed by atoms with E-state index in [1.807, 2.05) is 22.9 Å². The van der Waals surface area contributed by atoms with E-state index in [-0.39, 0.29) is 10.6 Å². The van der Waals surface area contributed by atoms with Crippen molar-refractivity contribution in [1.29, 1.82) is 0 Å². The summed E-state index contributed by atoms with van der Waals surface area (Å²) in [7, 11) is -3.58. The van der Waals surface area contributed by atoms with Crippen LogP contribution in [0.2, 0.25) is 5.02 Å². The molecule has 0 fully saturated rings. The highest BCUT2D eigenvalue weighted by Crippen LogP contribution is 2.35. The zero-order valence-corrected chi connectivity index (χ0v) is 12.5. The van der Waals surface area contributed by atoms with Gasteiger partial charge >= 0.3 is 0 Å². The minimum atomic E-state index is -3.58. The van der Waals surface area contributed by atoms with Crippen molar-refractivity contribution in [2.75, 3.05) is 5.75 Å². The first-order chi connectivity index (χ1) is 8.94. The van der Waals surface area contributed by atoms with Crippen molar-refractivity contribution < 1.29 is 13.2 Å². The van der Waals surface area contributed by atoms with Gasteiger partial charge in [-0.1, -0.05) is 36.7 Å². The highest BCUT2D eigenvalue weighted by molar-refractivity contribution is 7.90. The molecule has 1 N–H and O–H groups in total. The molecular formula is C12H12ClNO3S2. The smallest absolute Gasteiger partial charge is 0.267 e. The first kappa shape index (κ1) is 14.3. The van der Waals surface area contributed by atoms with Gasteiger partial charge in [0, 0.05) is 10.1 Å². The maximum absolute atomic E-state index is 12.0. The number of thiophene rings is 1. The maximum atomic E-state index is 12.0. The van der Waals surface area contributed by atoms with Crippen LogP contribution in [0.25, 0.3) is 10.1 Å². The maximum Gasteiger partial charge on any atom is 0.276 e. The second-order valence-electron chi connectivity index (χ2n) is 3.99. The number of carbonyl (C=O) groups excluding carboxylic acids is 1. The fourth-order valence-corrected chi connectivity index (χ4v) is 4.17. The summed E-state index contributed by atoms with van der Waals surface area (Å²) < 4.78 is 26.0. The molecule has 1 amide bonds. The molecule has 7 heteroatoms. The molecule has 0 saturated heterocycles. The Morgan fingerprint density at radius 2 is 2.05 bits per heavy atom. The molecule has 0 bridgehead atoms. The monoisotopic (exact) mass is 317 g/mol. The lowest BCUT2D eigenvalue weighted by atomic mass is 10.2. The minimum absolute atomic E-state index is 0.0821. The van der Waals surface area contributed by atoms with Crippen LogP contribution >= 0.6 is 22.9 Å². The van der Waals surface area contributed by atoms with Crippen LogP contribution in [-0.4, -0.2) is 20.1 Å². The molecule has 0 radical (unpaired) electrons. The molecule has 1 aromatic carbocycles. The third-order valence-electron chi connectivity index (χ3n) is 2.46. The quantitative estimate of drug-likeness (QED) is 0.942. The van der Waals surface area contributed by atoms with Gasteiger partial charge in [-0.2, -0.15) is 0 Å². The molecule has 0 spiro atoms. The number of benzene rings is 1. The Morgan fingerprint density at radius 3 is 2.68 bits per heavy atom. The number of nitrogens with one attached hydrogen (secondary N) is 1. The van der Waals surface area contributed by atoms with Gasteiger partial charge in [-0.25, -0.2) is 13.1 Å². The first-order valence-corrected chi connectivity index (χ1v) is 8.51. The molecule has 1 heterocycles. The number of sulfonamides is 1. The van der Waals surface area contributed by atoms with Crippen molar-refractivity contribution in [3.63, 3.8) is 0 Å². The van der Waals surface area contributed by atoms with Crippen molar-refractivity contribution in [3.05, 3.63) is 34.2 Å². The third-order valence-corrected chi connectivity index (χ3v) is 5.58. The van der Waals surface area contributed by atoms with Crippen molar-refractivity contribution in [2.45, 2.75) is 13.3 Å². The predicted molar refractivity (Wildman–Crippen MR) is 78.4 cm³/mol. The molecule has 0 aliphatic carbocycles. The first-order valence-electron chi connectivity index (χ1n) is 5.66. The summed E-state index contributed by atoms with van der Waals surface area (Å²) in [5.41, 5.74) is 0. The van der Waals surface area contributed by atoms with Gasteiger partial charge in [0.15, 0.2) is 0 Å². The summed E-state index contributed by atoms with van der Waals surface area (Å²) in [5.74, 6) is -0.749. The molecular weight excluding hydrogens is 306 g/mol. The van der Waals surface area contributed by atoms with Crippen LogP contribution in [0, 0.1) is 0 Å². The molecule has 2 aromatic rings. The fraction of sp³-hybridized carbons (Fsp3) is 0.250. The van der Waals surface area contributed by atoms with Crippen molar-refractivity contribution >= 4 is 49.0 Å². The highest BCUT2D eigenvalue weighted by atomic mass is 35.5. The van der Waals surface area contributed by atoms with Crippen LogP contribution in [0.5, 0.6) is 0 Å². The number of halogens is 1. The summed E-state index contributed by atoms with van der Waals surface area (Å²) in [5, 5.41) is 1.05. The molecule has 0 saturated carbocycles. The van der Waals surface area contributed by atoms with Crippen LogP contribution in [-0.2, 0) is 10.0 Å². The normalized spacial score (nSPS) is 11.7. The summed E-state index contributed by atoms with van der Waals surface area (Å²) in [6.45, 7) is 1.73. The zero-order chi connectivity index (χ0) is 14.0. The lowest BCUT2D eigenvalue weighted by molar-refractivity contribution is 0.0985. The van der Waals surface area contributed by atoms with Crippen LogP contribution in [0.1, 0.15) is 23.0 Å². The summed E-state index contributed by atoms with van der Waals surface area (Å²) in [4.78, 5) is 12.2. The lowest BCUT2D eigenvalue weighted by Gasteiger charge is -2.04. The molecule has 0 aliphatic heterocycles. The molecule has 0 unspecified atom stereocenters. The average molecular weight is 318 g/mol. The number of hydrogen-bond acceptors (Lipinski definition) is 4. The molecule has 102 valence electrons. The number of hydrogen-bond donors (Lipinski definition) is 1. The topological polar surface area (TPSA) is 63.2 Å². The molecule has 2 rings (SSSR count). The predicted octanol–water partition coefficient (Wildman–Crippen LogP) is 3.02. The Bertz CT molecular complexity index is 722. The van der Waals surface area contributed by atoms with Crippen LogP contribution in [0.3, 0.4) is 0 Å². The molecule has 0 atom stereocenters. The van der Waals surface area contributed by atoms with E-state index in [0.29, 0.717) is 11.4 Å². The van der Waals surface area contributed by atoms with Crippen LogP contribution < -0.4 is 4.72 Å². The van der Waals surface area contributed by atoms with E-state index >= 15 is 0 Å². The summed E-state index contributed by atoms with van der Waals surface area (Å²) in [6.07, 6.45) is 0.447. The van der Waals surface area contributed by atoms with E-state index in [2.05, 4.69) is 0 Å². The Balaban J connectivity index is 2.35. The SMILES string of the molecule is CCCS(=O)(=O)NC(=O)c1sc2ccccc2c1Cl. The summed E-state index contributed by atoms with van der Waals surface area (Å²) in [6, 6.07) is 7.29. The van der Waals surface area contributed by atoms with Crippen molar-refractivity contribution in [3.8, 4) is 0 Å². The number of amides is 1. The van der Waals surface area contributed by atoms with E-state index in [4.69, 9.17) is 11.6 Å². The molecule has 19 heavy (non-hydrogen) atoms. The number of fused-ring (bicyclic) bond motifs is 1. The van der Waals surface area contributed by atoms with E-state index in [1.165, 1.54) is 11.3 Å². The Morgan fingerprint density at radius 1 is 1.37 bits per heavy atom. The van der Waals surface area contributed by atoms with Gasteiger partial charge in [0.2, 0.25) is 10.0 Å². The third kappa shape index (κ3) is 3.08. The second-order valence-corrected chi connectivity index (χ2v) is 7.26. The van der Waals surface area contributed by atoms with Crippen molar-refractivity contribution in [2.24, 2.45) is 0 Å². The van der Waals surface area contributed by atoms with E-state index in [1.54, 1.807) is 13.0 Å². The Kier molecular flexibility index (Phi) is 4.13. The average Bonchev–Trinajstić information content (AvgIpc) is 2.67. The Labute approximate surface area is 120 Å². The van der Waals surface area contributed by atoms with Crippen LogP contribution in [0.15, 0.2) is 24.3 Å². The van der Waals surface area contributed by atoms with Gasteiger partial charge in [-0.15, -0.1) is 11.3 Å². The molecule has 4 nitrogen and oxygen atoms in total. The second kappa shape index (κ2) is 5.48. The molecule has 1 aromatic heterocycles. The van der Waals surface area contributed by atoms with Gasteiger partial charge < -0.3 is 0 Å². The minimum Gasteiger partial charge on any atom is -0.267 e.